The Bertz CT molecular complexity index is 398. The van der Waals surface area contributed by atoms with Crippen molar-refractivity contribution < 1.29 is 0 Å². The van der Waals surface area contributed by atoms with Gasteiger partial charge in [0.2, 0.25) is 0 Å². The summed E-state index contributed by atoms with van der Waals surface area (Å²) in [4.78, 5) is 1.79. The molecule has 0 bridgehead atoms. The lowest BCUT2D eigenvalue weighted by Gasteiger charge is -2.22. The molecule has 0 saturated heterocycles. The Morgan fingerprint density at radius 3 is 2.50 bits per heavy atom. The highest BCUT2D eigenvalue weighted by molar-refractivity contribution is 5.59. The van der Waals surface area contributed by atoms with Crippen molar-refractivity contribution in [1.82, 2.24) is 0 Å². The van der Waals surface area contributed by atoms with E-state index in [1.165, 1.54) is 0 Å². The van der Waals surface area contributed by atoms with E-state index in [4.69, 9.17) is 10.5 Å². The number of rotatable bonds is 2. The van der Waals surface area contributed by atoms with Crippen molar-refractivity contribution in [3.05, 3.63) is 29.8 Å². The Labute approximate surface area is 83.8 Å². The van der Waals surface area contributed by atoms with E-state index in [0.29, 0.717) is 5.56 Å². The van der Waals surface area contributed by atoms with Crippen LogP contribution in [0.15, 0.2) is 24.3 Å². The summed E-state index contributed by atoms with van der Waals surface area (Å²) in [6, 6.07) is 11.3. The molecule has 0 N–H and O–H groups in total. The minimum absolute atomic E-state index is 0.232. The van der Waals surface area contributed by atoms with Crippen molar-refractivity contribution >= 4 is 5.69 Å². The molecule has 1 rings (SSSR count). The average Bonchev–Trinajstić information content (AvgIpc) is 2.26. The average molecular weight is 185 g/mol. The van der Waals surface area contributed by atoms with E-state index in [1.54, 1.807) is 17.9 Å². The summed E-state index contributed by atoms with van der Waals surface area (Å²) in [5.74, 6) is 0. The SMILES string of the molecule is CC(C#N)N(C)c1ccccc1C#N. The second-order valence-corrected chi connectivity index (χ2v) is 3.04. The Kier molecular flexibility index (Phi) is 3.09. The molecule has 0 aromatic heterocycles. The molecule has 1 aromatic rings. The summed E-state index contributed by atoms with van der Waals surface area (Å²) >= 11 is 0. The number of nitriles is 2. The molecule has 3 heteroatoms. The fraction of sp³-hybridized carbons (Fsp3) is 0.273. The molecule has 0 aliphatic rings. The van der Waals surface area contributed by atoms with Crippen LogP contribution in [0.25, 0.3) is 0 Å². The maximum absolute atomic E-state index is 8.86. The molecule has 70 valence electrons. The van der Waals surface area contributed by atoms with Crippen LogP contribution in [-0.4, -0.2) is 13.1 Å². The number of anilines is 1. The third kappa shape index (κ3) is 1.84. The van der Waals surface area contributed by atoms with Crippen LogP contribution >= 0.6 is 0 Å². The molecule has 0 aliphatic heterocycles. The Balaban J connectivity index is 3.08. The largest absolute Gasteiger partial charge is 0.358 e. The minimum atomic E-state index is -0.232. The topological polar surface area (TPSA) is 50.8 Å². The lowest BCUT2D eigenvalue weighted by Crippen LogP contribution is -2.27. The Hall–Kier alpha value is -2.00. The highest BCUT2D eigenvalue weighted by atomic mass is 15.1. The van der Waals surface area contributed by atoms with Gasteiger partial charge >= 0.3 is 0 Å². The number of nitrogens with zero attached hydrogens (tertiary/aromatic N) is 3. The molecule has 0 saturated carbocycles. The zero-order valence-corrected chi connectivity index (χ0v) is 8.23. The summed E-state index contributed by atoms with van der Waals surface area (Å²) in [5.41, 5.74) is 1.39. The summed E-state index contributed by atoms with van der Waals surface area (Å²) in [5, 5.41) is 17.6. The predicted octanol–water partition coefficient (Wildman–Crippen LogP) is 1.91. The molecule has 1 aromatic carbocycles. The van der Waals surface area contributed by atoms with Crippen molar-refractivity contribution in [2.24, 2.45) is 0 Å². The highest BCUT2D eigenvalue weighted by Gasteiger charge is 2.11. The van der Waals surface area contributed by atoms with E-state index in [9.17, 15) is 0 Å². The lowest BCUT2D eigenvalue weighted by atomic mass is 10.1. The minimum Gasteiger partial charge on any atom is -0.358 e. The maximum atomic E-state index is 8.86. The van der Waals surface area contributed by atoms with Gasteiger partial charge in [-0.15, -0.1) is 0 Å². The van der Waals surface area contributed by atoms with Gasteiger partial charge < -0.3 is 4.90 Å². The standard InChI is InChI=1S/C11H11N3/c1-9(7-12)14(2)11-6-4-3-5-10(11)8-13/h3-6,9H,1-2H3. The third-order valence-electron chi connectivity index (χ3n) is 2.17. The molecule has 14 heavy (non-hydrogen) atoms. The molecule has 0 radical (unpaired) electrons. The van der Waals surface area contributed by atoms with Gasteiger partial charge in [-0.3, -0.25) is 0 Å². The number of benzene rings is 1. The van der Waals surface area contributed by atoms with Gasteiger partial charge in [-0.05, 0) is 19.1 Å². The summed E-state index contributed by atoms with van der Waals surface area (Å²) in [7, 11) is 1.81. The monoisotopic (exact) mass is 185 g/mol. The Morgan fingerprint density at radius 2 is 1.93 bits per heavy atom. The van der Waals surface area contributed by atoms with Gasteiger partial charge in [0.15, 0.2) is 0 Å². The van der Waals surface area contributed by atoms with Gasteiger partial charge in [-0.2, -0.15) is 10.5 Å². The second kappa shape index (κ2) is 4.30. The van der Waals surface area contributed by atoms with E-state index in [0.717, 1.165) is 5.69 Å². The quantitative estimate of drug-likeness (QED) is 0.707. The van der Waals surface area contributed by atoms with Gasteiger partial charge in [0, 0.05) is 7.05 Å². The van der Waals surface area contributed by atoms with E-state index >= 15 is 0 Å². The molecular formula is C11H11N3. The molecule has 0 heterocycles. The first-order valence-electron chi connectivity index (χ1n) is 4.32. The molecule has 1 atom stereocenters. The van der Waals surface area contributed by atoms with Crippen molar-refractivity contribution in [1.29, 1.82) is 10.5 Å². The van der Waals surface area contributed by atoms with Gasteiger partial charge in [0.25, 0.3) is 0 Å². The third-order valence-corrected chi connectivity index (χ3v) is 2.17. The van der Waals surface area contributed by atoms with E-state index in [-0.39, 0.29) is 6.04 Å². The van der Waals surface area contributed by atoms with Crippen molar-refractivity contribution in [2.75, 3.05) is 11.9 Å². The summed E-state index contributed by atoms with van der Waals surface area (Å²) in [6.45, 7) is 1.80. The Morgan fingerprint density at radius 1 is 1.29 bits per heavy atom. The molecule has 0 aliphatic carbocycles. The fourth-order valence-corrected chi connectivity index (χ4v) is 1.17. The van der Waals surface area contributed by atoms with E-state index in [2.05, 4.69) is 12.1 Å². The first kappa shape index (κ1) is 10.1. The molecule has 3 nitrogen and oxygen atoms in total. The van der Waals surface area contributed by atoms with Crippen LogP contribution in [0.1, 0.15) is 12.5 Å². The number of hydrogen-bond acceptors (Lipinski definition) is 3. The smallest absolute Gasteiger partial charge is 0.113 e. The van der Waals surface area contributed by atoms with Crippen molar-refractivity contribution in [2.45, 2.75) is 13.0 Å². The van der Waals surface area contributed by atoms with E-state index in [1.807, 2.05) is 25.2 Å². The van der Waals surface area contributed by atoms with Crippen molar-refractivity contribution in [3.63, 3.8) is 0 Å². The molecule has 0 spiro atoms. The van der Waals surface area contributed by atoms with Gasteiger partial charge in [0.05, 0.1) is 17.3 Å². The van der Waals surface area contributed by atoms with Crippen LogP contribution in [0.5, 0.6) is 0 Å². The van der Waals surface area contributed by atoms with Crippen LogP contribution in [0.4, 0.5) is 5.69 Å². The first-order valence-corrected chi connectivity index (χ1v) is 4.32. The molecule has 0 amide bonds. The van der Waals surface area contributed by atoms with Gasteiger partial charge in [-0.25, -0.2) is 0 Å². The van der Waals surface area contributed by atoms with Gasteiger partial charge in [-0.1, -0.05) is 12.1 Å². The maximum Gasteiger partial charge on any atom is 0.113 e. The second-order valence-electron chi connectivity index (χ2n) is 3.04. The van der Waals surface area contributed by atoms with E-state index < -0.39 is 0 Å². The molecule has 0 fully saturated rings. The first-order chi connectivity index (χ1) is 6.70. The molecule has 1 unspecified atom stereocenters. The van der Waals surface area contributed by atoms with Crippen molar-refractivity contribution in [3.8, 4) is 12.1 Å². The fourth-order valence-electron chi connectivity index (χ4n) is 1.17. The van der Waals surface area contributed by atoms with Crippen LogP contribution in [0.3, 0.4) is 0 Å². The summed E-state index contributed by atoms with van der Waals surface area (Å²) < 4.78 is 0. The van der Waals surface area contributed by atoms with Crippen LogP contribution in [0, 0.1) is 22.7 Å². The van der Waals surface area contributed by atoms with Crippen LogP contribution in [-0.2, 0) is 0 Å². The van der Waals surface area contributed by atoms with Crippen LogP contribution in [0.2, 0.25) is 0 Å². The zero-order valence-electron chi connectivity index (χ0n) is 8.23. The highest BCUT2D eigenvalue weighted by Crippen LogP contribution is 2.19. The zero-order chi connectivity index (χ0) is 10.6. The normalized spacial score (nSPS) is 11.1. The van der Waals surface area contributed by atoms with Gasteiger partial charge in [0.1, 0.15) is 12.1 Å². The predicted molar refractivity (Wildman–Crippen MR) is 54.6 cm³/mol. The number of hydrogen-bond donors (Lipinski definition) is 0. The van der Waals surface area contributed by atoms with Crippen LogP contribution < -0.4 is 4.90 Å². The summed E-state index contributed by atoms with van der Waals surface area (Å²) in [6.07, 6.45) is 0. The number of para-hydroxylation sites is 1. The molecular weight excluding hydrogens is 174 g/mol. The lowest BCUT2D eigenvalue weighted by molar-refractivity contribution is 0.834.